The zero-order valence-corrected chi connectivity index (χ0v) is 12.8. The van der Waals surface area contributed by atoms with Crippen LogP contribution in [0.15, 0.2) is 0 Å². The average molecular weight is 258 g/mol. The first-order chi connectivity index (χ1) is 8.41. The summed E-state index contributed by atoms with van der Waals surface area (Å²) in [7, 11) is 0. The molecule has 0 saturated heterocycles. The SMILES string of the molecule is CCCCCCCCCCCCCCC[CH]S. The first-order valence-corrected chi connectivity index (χ1v) is 8.39. The van der Waals surface area contributed by atoms with E-state index in [9.17, 15) is 0 Å². The van der Waals surface area contributed by atoms with Crippen molar-refractivity contribution in [2.75, 3.05) is 0 Å². The van der Waals surface area contributed by atoms with Gasteiger partial charge in [0.1, 0.15) is 0 Å². The van der Waals surface area contributed by atoms with E-state index in [1.807, 2.05) is 5.75 Å². The summed E-state index contributed by atoms with van der Waals surface area (Å²) in [5.74, 6) is 1.98. The van der Waals surface area contributed by atoms with Gasteiger partial charge in [-0.15, -0.1) is 0 Å². The van der Waals surface area contributed by atoms with Crippen LogP contribution in [-0.4, -0.2) is 0 Å². The molecule has 0 unspecified atom stereocenters. The van der Waals surface area contributed by atoms with E-state index in [4.69, 9.17) is 0 Å². The maximum atomic E-state index is 4.11. The quantitative estimate of drug-likeness (QED) is 0.264. The number of thiol groups is 1. The fraction of sp³-hybridized carbons (Fsp3) is 0.938. The predicted octanol–water partition coefficient (Wildman–Crippen LogP) is 6.56. The predicted molar refractivity (Wildman–Crippen MR) is 83.6 cm³/mol. The Hall–Kier alpha value is 0.350. The van der Waals surface area contributed by atoms with Crippen LogP contribution >= 0.6 is 12.6 Å². The molecule has 17 heavy (non-hydrogen) atoms. The zero-order valence-electron chi connectivity index (χ0n) is 11.9. The van der Waals surface area contributed by atoms with Crippen molar-refractivity contribution in [3.63, 3.8) is 0 Å². The van der Waals surface area contributed by atoms with Gasteiger partial charge in [0.2, 0.25) is 0 Å². The molecule has 0 N–H and O–H groups in total. The molecular weight excluding hydrogens is 224 g/mol. The molecule has 103 valence electrons. The van der Waals surface area contributed by atoms with Crippen LogP contribution < -0.4 is 0 Å². The fourth-order valence-corrected chi connectivity index (χ4v) is 2.44. The van der Waals surface area contributed by atoms with Gasteiger partial charge in [-0.25, -0.2) is 0 Å². The lowest BCUT2D eigenvalue weighted by Gasteiger charge is -2.02. The van der Waals surface area contributed by atoms with Crippen LogP contribution in [0.4, 0.5) is 0 Å². The molecule has 0 fully saturated rings. The van der Waals surface area contributed by atoms with E-state index in [-0.39, 0.29) is 0 Å². The van der Waals surface area contributed by atoms with Gasteiger partial charge in [-0.2, -0.15) is 12.6 Å². The molecule has 0 spiro atoms. The van der Waals surface area contributed by atoms with Crippen LogP contribution in [0.1, 0.15) is 96.8 Å². The van der Waals surface area contributed by atoms with E-state index in [2.05, 4.69) is 19.6 Å². The number of hydrogen-bond donors (Lipinski definition) is 1. The lowest BCUT2D eigenvalue weighted by Crippen LogP contribution is -1.82. The minimum Gasteiger partial charge on any atom is -0.175 e. The molecule has 0 aromatic rings. The second-order valence-corrected chi connectivity index (χ2v) is 5.58. The topological polar surface area (TPSA) is 0 Å². The van der Waals surface area contributed by atoms with E-state index in [0.717, 1.165) is 0 Å². The monoisotopic (exact) mass is 257 g/mol. The molecule has 0 aromatic heterocycles. The van der Waals surface area contributed by atoms with Crippen molar-refractivity contribution < 1.29 is 0 Å². The molecule has 0 amide bonds. The molecule has 1 radical (unpaired) electrons. The molecule has 0 nitrogen and oxygen atoms in total. The molecule has 0 saturated carbocycles. The van der Waals surface area contributed by atoms with Gasteiger partial charge in [-0.05, 0) is 6.42 Å². The second kappa shape index (κ2) is 16.4. The van der Waals surface area contributed by atoms with Crippen LogP contribution in [0.25, 0.3) is 0 Å². The molecular formula is C16H33S. The standard InChI is InChI=1S/C16H33S/c1-2-3-4-5-6-7-8-9-10-11-12-13-14-15-16-17/h16-17H,2-15H2,1H3. The molecule has 0 bridgehead atoms. The highest BCUT2D eigenvalue weighted by atomic mass is 32.1. The average Bonchev–Trinajstić information content (AvgIpc) is 2.35. The van der Waals surface area contributed by atoms with Gasteiger partial charge in [-0.1, -0.05) is 90.4 Å². The summed E-state index contributed by atoms with van der Waals surface area (Å²) in [6.45, 7) is 2.29. The Morgan fingerprint density at radius 2 is 0.941 bits per heavy atom. The lowest BCUT2D eigenvalue weighted by atomic mass is 10.0. The number of hydrogen-bond acceptors (Lipinski definition) is 1. The van der Waals surface area contributed by atoms with E-state index in [0.29, 0.717) is 0 Å². The van der Waals surface area contributed by atoms with Gasteiger partial charge in [-0.3, -0.25) is 0 Å². The van der Waals surface area contributed by atoms with Crippen LogP contribution in [0.3, 0.4) is 0 Å². The highest BCUT2D eigenvalue weighted by Gasteiger charge is 1.93. The van der Waals surface area contributed by atoms with Crippen molar-refractivity contribution in [3.8, 4) is 0 Å². The Kier molecular flexibility index (Phi) is 16.7. The van der Waals surface area contributed by atoms with Gasteiger partial charge in [0.15, 0.2) is 0 Å². The summed E-state index contributed by atoms with van der Waals surface area (Å²) >= 11 is 4.11. The Morgan fingerprint density at radius 3 is 1.29 bits per heavy atom. The normalized spacial score (nSPS) is 10.9. The van der Waals surface area contributed by atoms with Crippen LogP contribution in [0.2, 0.25) is 0 Å². The summed E-state index contributed by atoms with van der Waals surface area (Å²) in [5.41, 5.74) is 0. The molecule has 0 aliphatic heterocycles. The van der Waals surface area contributed by atoms with Gasteiger partial charge >= 0.3 is 0 Å². The zero-order chi connectivity index (χ0) is 12.6. The molecule has 0 aliphatic rings. The highest BCUT2D eigenvalue weighted by Crippen LogP contribution is 2.13. The molecule has 0 atom stereocenters. The first-order valence-electron chi connectivity index (χ1n) is 7.87. The Morgan fingerprint density at radius 1 is 0.588 bits per heavy atom. The molecule has 0 rings (SSSR count). The van der Waals surface area contributed by atoms with E-state index in [1.165, 1.54) is 89.9 Å². The molecule has 1 heteroatoms. The molecule has 0 aromatic carbocycles. The van der Waals surface area contributed by atoms with E-state index < -0.39 is 0 Å². The Labute approximate surface area is 115 Å². The summed E-state index contributed by atoms with van der Waals surface area (Å²) in [6.07, 6.45) is 19.8. The van der Waals surface area contributed by atoms with E-state index in [1.54, 1.807) is 0 Å². The van der Waals surface area contributed by atoms with Crippen molar-refractivity contribution in [2.45, 2.75) is 96.8 Å². The third-order valence-electron chi connectivity index (χ3n) is 3.44. The summed E-state index contributed by atoms with van der Waals surface area (Å²) in [5, 5.41) is 0. The maximum absolute atomic E-state index is 4.11. The summed E-state index contributed by atoms with van der Waals surface area (Å²) < 4.78 is 0. The van der Waals surface area contributed by atoms with Crippen molar-refractivity contribution >= 4 is 12.6 Å². The minimum absolute atomic E-state index is 1.18. The maximum Gasteiger partial charge on any atom is 0.0133 e. The Bertz CT molecular complexity index is 109. The molecule has 0 heterocycles. The van der Waals surface area contributed by atoms with Crippen LogP contribution in [-0.2, 0) is 0 Å². The lowest BCUT2D eigenvalue weighted by molar-refractivity contribution is 0.540. The first kappa shape index (κ1) is 17.4. The van der Waals surface area contributed by atoms with Crippen molar-refractivity contribution in [2.24, 2.45) is 0 Å². The van der Waals surface area contributed by atoms with Crippen LogP contribution in [0.5, 0.6) is 0 Å². The third kappa shape index (κ3) is 16.4. The minimum atomic E-state index is 1.18. The van der Waals surface area contributed by atoms with Crippen molar-refractivity contribution in [3.05, 3.63) is 5.75 Å². The number of rotatable bonds is 14. The van der Waals surface area contributed by atoms with Crippen molar-refractivity contribution in [1.82, 2.24) is 0 Å². The van der Waals surface area contributed by atoms with Gasteiger partial charge in [0, 0.05) is 5.75 Å². The van der Waals surface area contributed by atoms with Gasteiger partial charge < -0.3 is 0 Å². The number of unbranched alkanes of at least 4 members (excludes halogenated alkanes) is 13. The smallest absolute Gasteiger partial charge is 0.0133 e. The summed E-state index contributed by atoms with van der Waals surface area (Å²) in [6, 6.07) is 0. The van der Waals surface area contributed by atoms with Crippen LogP contribution in [0, 0.1) is 5.75 Å². The summed E-state index contributed by atoms with van der Waals surface area (Å²) in [4.78, 5) is 0. The third-order valence-corrected chi connectivity index (χ3v) is 3.69. The second-order valence-electron chi connectivity index (χ2n) is 5.21. The largest absolute Gasteiger partial charge is 0.175 e. The van der Waals surface area contributed by atoms with Gasteiger partial charge in [0.25, 0.3) is 0 Å². The fourth-order valence-electron chi connectivity index (χ4n) is 2.25. The van der Waals surface area contributed by atoms with Gasteiger partial charge in [0.05, 0.1) is 0 Å². The van der Waals surface area contributed by atoms with E-state index >= 15 is 0 Å². The highest BCUT2D eigenvalue weighted by molar-refractivity contribution is 7.82. The molecule has 0 aliphatic carbocycles. The Balaban J connectivity index is 2.85. The van der Waals surface area contributed by atoms with Crippen molar-refractivity contribution in [1.29, 1.82) is 0 Å².